The molecule has 0 bridgehead atoms. The smallest absolute Gasteiger partial charge is 0.160 e. The van der Waals surface area contributed by atoms with Crippen LogP contribution in [0.1, 0.15) is 0 Å². The highest BCUT2D eigenvalue weighted by Crippen LogP contribution is 2.37. The van der Waals surface area contributed by atoms with Gasteiger partial charge in [0.05, 0.1) is 11.2 Å². The third-order valence-corrected chi connectivity index (χ3v) is 8.43. The zero-order valence-electron chi connectivity index (χ0n) is 25.2. The SMILES string of the molecule is c1ccc(-c2cc(-c3ccccc3)cc(-c3nc(-c4cc(-c5ccccc5)cc(-c5ccccc5)c4)c4ccccc4n3)c2)cc1. The van der Waals surface area contributed by atoms with Gasteiger partial charge in [-0.2, -0.15) is 0 Å². The molecule has 0 N–H and O–H groups in total. The number of nitrogens with zero attached hydrogens (tertiary/aromatic N) is 2. The van der Waals surface area contributed by atoms with Crippen LogP contribution in [0, 0.1) is 0 Å². The van der Waals surface area contributed by atoms with E-state index >= 15 is 0 Å². The monoisotopic (exact) mass is 586 g/mol. The summed E-state index contributed by atoms with van der Waals surface area (Å²) in [6, 6.07) is 64.0. The van der Waals surface area contributed by atoms with E-state index in [1.807, 2.05) is 0 Å². The second kappa shape index (κ2) is 12.1. The fourth-order valence-electron chi connectivity index (χ4n) is 6.14. The van der Waals surface area contributed by atoms with Crippen LogP contribution in [0.4, 0.5) is 0 Å². The first kappa shape index (κ1) is 27.4. The third kappa shape index (κ3) is 5.49. The zero-order chi connectivity index (χ0) is 30.7. The topological polar surface area (TPSA) is 25.8 Å². The zero-order valence-corrected chi connectivity index (χ0v) is 25.2. The summed E-state index contributed by atoms with van der Waals surface area (Å²) in [5, 5.41) is 1.03. The van der Waals surface area contributed by atoms with Gasteiger partial charge in [0, 0.05) is 16.5 Å². The Balaban J connectivity index is 1.37. The maximum Gasteiger partial charge on any atom is 0.160 e. The Morgan fingerprint density at radius 2 is 0.609 bits per heavy atom. The quantitative estimate of drug-likeness (QED) is 0.194. The minimum atomic E-state index is 0.704. The molecule has 0 radical (unpaired) electrons. The van der Waals surface area contributed by atoms with Crippen molar-refractivity contribution in [3.63, 3.8) is 0 Å². The van der Waals surface area contributed by atoms with Gasteiger partial charge in [-0.1, -0.05) is 140 Å². The molecule has 46 heavy (non-hydrogen) atoms. The fourth-order valence-corrected chi connectivity index (χ4v) is 6.14. The van der Waals surface area contributed by atoms with Crippen molar-refractivity contribution < 1.29 is 0 Å². The van der Waals surface area contributed by atoms with Crippen LogP contribution in [0.3, 0.4) is 0 Å². The van der Waals surface area contributed by atoms with Crippen molar-refractivity contribution in [1.29, 1.82) is 0 Å². The van der Waals surface area contributed by atoms with Crippen LogP contribution in [0.5, 0.6) is 0 Å². The predicted molar refractivity (Wildman–Crippen MR) is 192 cm³/mol. The summed E-state index contributed by atoms with van der Waals surface area (Å²) in [5.74, 6) is 0.704. The average Bonchev–Trinajstić information content (AvgIpc) is 3.15. The van der Waals surface area contributed by atoms with Gasteiger partial charge in [0.2, 0.25) is 0 Å². The van der Waals surface area contributed by atoms with Crippen LogP contribution in [-0.2, 0) is 0 Å². The van der Waals surface area contributed by atoms with Crippen molar-refractivity contribution in [1.82, 2.24) is 9.97 Å². The molecular weight excluding hydrogens is 556 g/mol. The number of rotatable bonds is 6. The Morgan fingerprint density at radius 3 is 1.04 bits per heavy atom. The standard InChI is InChI=1S/C44H30N2/c1-5-15-31(16-6-1)35-25-36(32-17-7-2-8-18-32)28-39(27-35)43-41-23-13-14-24-42(41)45-44(46-43)40-29-37(33-19-9-3-10-20-33)26-38(30-40)34-21-11-4-12-22-34/h1-30H. The Hall–Kier alpha value is -6.12. The molecular formula is C44H30N2. The van der Waals surface area contributed by atoms with E-state index < -0.39 is 0 Å². The Morgan fingerprint density at radius 1 is 0.261 bits per heavy atom. The van der Waals surface area contributed by atoms with Gasteiger partial charge in [0.15, 0.2) is 5.82 Å². The van der Waals surface area contributed by atoms with E-state index in [0.29, 0.717) is 5.82 Å². The normalized spacial score (nSPS) is 11.0. The summed E-state index contributed by atoms with van der Waals surface area (Å²) >= 11 is 0. The summed E-state index contributed by atoms with van der Waals surface area (Å²) in [6.45, 7) is 0. The molecule has 0 aliphatic carbocycles. The summed E-state index contributed by atoms with van der Waals surface area (Å²) < 4.78 is 0. The summed E-state index contributed by atoms with van der Waals surface area (Å²) in [4.78, 5) is 10.5. The van der Waals surface area contributed by atoms with E-state index in [2.05, 4.69) is 182 Å². The highest BCUT2D eigenvalue weighted by atomic mass is 14.9. The predicted octanol–water partition coefficient (Wildman–Crippen LogP) is 11.6. The number of hydrogen-bond acceptors (Lipinski definition) is 2. The van der Waals surface area contributed by atoms with Gasteiger partial charge in [-0.25, -0.2) is 9.97 Å². The minimum Gasteiger partial charge on any atom is -0.228 e. The minimum absolute atomic E-state index is 0.704. The van der Waals surface area contributed by atoms with Gasteiger partial charge in [-0.3, -0.25) is 0 Å². The maximum atomic E-state index is 5.37. The molecule has 0 aliphatic heterocycles. The Kier molecular flexibility index (Phi) is 7.22. The first-order valence-corrected chi connectivity index (χ1v) is 15.6. The van der Waals surface area contributed by atoms with Gasteiger partial charge < -0.3 is 0 Å². The highest BCUT2D eigenvalue weighted by Gasteiger charge is 2.16. The largest absolute Gasteiger partial charge is 0.228 e. The van der Waals surface area contributed by atoms with Crippen LogP contribution >= 0.6 is 0 Å². The van der Waals surface area contributed by atoms with E-state index in [4.69, 9.17) is 9.97 Å². The molecule has 1 aromatic heterocycles. The molecule has 7 aromatic carbocycles. The van der Waals surface area contributed by atoms with Crippen molar-refractivity contribution in [2.75, 3.05) is 0 Å². The number of benzene rings is 7. The molecule has 0 saturated heterocycles. The van der Waals surface area contributed by atoms with E-state index in [1.165, 1.54) is 11.1 Å². The van der Waals surface area contributed by atoms with Crippen molar-refractivity contribution in [3.8, 4) is 67.2 Å². The molecule has 0 atom stereocenters. The van der Waals surface area contributed by atoms with Gasteiger partial charge in [0.25, 0.3) is 0 Å². The fraction of sp³-hybridized carbons (Fsp3) is 0. The van der Waals surface area contributed by atoms with Gasteiger partial charge in [-0.15, -0.1) is 0 Å². The molecule has 1 heterocycles. The lowest BCUT2D eigenvalue weighted by atomic mass is 9.93. The van der Waals surface area contributed by atoms with E-state index in [-0.39, 0.29) is 0 Å². The lowest BCUT2D eigenvalue weighted by Gasteiger charge is -2.15. The Bertz CT molecular complexity index is 2160. The van der Waals surface area contributed by atoms with E-state index in [9.17, 15) is 0 Å². The first-order chi connectivity index (χ1) is 22.8. The molecule has 8 rings (SSSR count). The van der Waals surface area contributed by atoms with E-state index in [1.54, 1.807) is 0 Å². The van der Waals surface area contributed by atoms with E-state index in [0.717, 1.165) is 61.1 Å². The number of fused-ring (bicyclic) bond motifs is 1. The van der Waals surface area contributed by atoms with Crippen LogP contribution in [0.25, 0.3) is 78.1 Å². The summed E-state index contributed by atoms with van der Waals surface area (Å²) in [5.41, 5.74) is 13.1. The summed E-state index contributed by atoms with van der Waals surface area (Å²) in [6.07, 6.45) is 0. The lowest BCUT2D eigenvalue weighted by molar-refractivity contribution is 1.23. The van der Waals surface area contributed by atoms with Gasteiger partial charge >= 0.3 is 0 Å². The highest BCUT2D eigenvalue weighted by molar-refractivity contribution is 5.96. The molecule has 0 fully saturated rings. The molecule has 2 nitrogen and oxygen atoms in total. The molecule has 0 unspecified atom stereocenters. The molecule has 0 amide bonds. The second-order valence-corrected chi connectivity index (χ2v) is 11.5. The molecule has 0 aliphatic rings. The molecule has 0 saturated carbocycles. The Labute approximate surface area is 269 Å². The van der Waals surface area contributed by atoms with Crippen LogP contribution in [-0.4, -0.2) is 9.97 Å². The molecule has 8 aromatic rings. The first-order valence-electron chi connectivity index (χ1n) is 15.6. The van der Waals surface area contributed by atoms with Crippen molar-refractivity contribution in [3.05, 3.63) is 182 Å². The lowest BCUT2D eigenvalue weighted by Crippen LogP contribution is -1.97. The van der Waals surface area contributed by atoms with Gasteiger partial charge in [-0.05, 0) is 87.0 Å². The third-order valence-electron chi connectivity index (χ3n) is 8.43. The van der Waals surface area contributed by atoms with Crippen molar-refractivity contribution >= 4 is 10.9 Å². The molecule has 0 spiro atoms. The maximum absolute atomic E-state index is 5.37. The number of aromatic nitrogens is 2. The van der Waals surface area contributed by atoms with Crippen LogP contribution < -0.4 is 0 Å². The average molecular weight is 587 g/mol. The summed E-state index contributed by atoms with van der Waals surface area (Å²) in [7, 11) is 0. The van der Waals surface area contributed by atoms with Gasteiger partial charge in [0.1, 0.15) is 0 Å². The van der Waals surface area contributed by atoms with Crippen LogP contribution in [0.2, 0.25) is 0 Å². The molecule has 2 heteroatoms. The van der Waals surface area contributed by atoms with Crippen LogP contribution in [0.15, 0.2) is 182 Å². The van der Waals surface area contributed by atoms with Crippen molar-refractivity contribution in [2.24, 2.45) is 0 Å². The van der Waals surface area contributed by atoms with Crippen molar-refractivity contribution in [2.45, 2.75) is 0 Å². The number of hydrogen-bond donors (Lipinski definition) is 0. The molecule has 216 valence electrons. The second-order valence-electron chi connectivity index (χ2n) is 11.5. The number of para-hydroxylation sites is 1.